The average Bonchev–Trinajstić information content (AvgIpc) is 2.76. The van der Waals surface area contributed by atoms with Crippen molar-refractivity contribution in [3.05, 3.63) is 23.7 Å². The highest BCUT2D eigenvalue weighted by molar-refractivity contribution is 5.06. The lowest BCUT2D eigenvalue weighted by Crippen LogP contribution is -2.50. The van der Waals surface area contributed by atoms with Crippen molar-refractivity contribution in [3.8, 4) is 0 Å². The lowest BCUT2D eigenvalue weighted by molar-refractivity contribution is 0.0560. The number of hydrogen-bond acceptors (Lipinski definition) is 3. The number of nitrogens with one attached hydrogen (secondary N) is 1. The van der Waals surface area contributed by atoms with Crippen LogP contribution < -0.4 is 5.32 Å². The fourth-order valence-electron chi connectivity index (χ4n) is 3.61. The minimum Gasteiger partial charge on any atom is -0.465 e. The third kappa shape index (κ3) is 2.62. The van der Waals surface area contributed by atoms with E-state index in [1.807, 2.05) is 6.92 Å². The monoisotopic (exact) mass is 248 g/mol. The van der Waals surface area contributed by atoms with E-state index < -0.39 is 0 Å². The molecule has 2 fully saturated rings. The van der Waals surface area contributed by atoms with Gasteiger partial charge in [0, 0.05) is 13.1 Å². The Bertz CT molecular complexity index is 387. The molecule has 0 aromatic carbocycles. The molecule has 0 radical (unpaired) electrons. The molecule has 2 aliphatic heterocycles. The molecule has 1 unspecified atom stereocenters. The normalized spacial score (nSPS) is 29.8. The van der Waals surface area contributed by atoms with Crippen LogP contribution >= 0.6 is 0 Å². The van der Waals surface area contributed by atoms with Crippen molar-refractivity contribution < 1.29 is 4.42 Å². The van der Waals surface area contributed by atoms with Crippen LogP contribution in [0.25, 0.3) is 0 Å². The second-order valence-corrected chi connectivity index (χ2v) is 6.11. The van der Waals surface area contributed by atoms with Gasteiger partial charge < -0.3 is 9.73 Å². The zero-order valence-corrected chi connectivity index (χ0v) is 11.4. The van der Waals surface area contributed by atoms with E-state index in [0.717, 1.165) is 18.1 Å². The van der Waals surface area contributed by atoms with Gasteiger partial charge in [0.1, 0.15) is 11.5 Å². The minimum absolute atomic E-state index is 0.540. The van der Waals surface area contributed by atoms with Crippen LogP contribution in [0.2, 0.25) is 0 Å². The molecule has 1 atom stereocenters. The summed E-state index contributed by atoms with van der Waals surface area (Å²) in [4.78, 5) is 2.58. The first kappa shape index (κ1) is 12.2. The SMILES string of the molecule is Cc1ccc(CN2CCCC3(CCCNC3)C2)o1. The Morgan fingerprint density at radius 1 is 1.33 bits per heavy atom. The zero-order chi connectivity index (χ0) is 12.4. The summed E-state index contributed by atoms with van der Waals surface area (Å²) in [6.07, 6.45) is 5.47. The van der Waals surface area contributed by atoms with E-state index in [-0.39, 0.29) is 0 Å². The number of rotatable bonds is 2. The standard InChI is InChI=1S/C15H24N2O/c1-13-4-5-14(18-13)10-17-9-3-7-15(12-17)6-2-8-16-11-15/h4-5,16H,2-3,6-12H2,1H3. The summed E-state index contributed by atoms with van der Waals surface area (Å²) in [5.41, 5.74) is 0.540. The van der Waals surface area contributed by atoms with Crippen LogP contribution in [0.1, 0.15) is 37.2 Å². The number of furan rings is 1. The van der Waals surface area contributed by atoms with Crippen LogP contribution in [-0.2, 0) is 6.54 Å². The first-order chi connectivity index (χ1) is 8.76. The van der Waals surface area contributed by atoms with E-state index in [2.05, 4.69) is 22.3 Å². The van der Waals surface area contributed by atoms with E-state index in [1.165, 1.54) is 51.9 Å². The van der Waals surface area contributed by atoms with Gasteiger partial charge in [-0.15, -0.1) is 0 Å². The van der Waals surface area contributed by atoms with Gasteiger partial charge >= 0.3 is 0 Å². The fraction of sp³-hybridized carbons (Fsp3) is 0.733. The lowest BCUT2D eigenvalue weighted by Gasteiger charge is -2.45. The van der Waals surface area contributed by atoms with Crippen molar-refractivity contribution >= 4 is 0 Å². The predicted molar refractivity (Wildman–Crippen MR) is 72.5 cm³/mol. The molecule has 2 saturated heterocycles. The number of likely N-dealkylation sites (tertiary alicyclic amines) is 1. The van der Waals surface area contributed by atoms with E-state index in [0.29, 0.717) is 5.41 Å². The second kappa shape index (κ2) is 5.06. The van der Waals surface area contributed by atoms with Gasteiger partial charge in [0.2, 0.25) is 0 Å². The molecule has 3 nitrogen and oxygen atoms in total. The van der Waals surface area contributed by atoms with E-state index in [9.17, 15) is 0 Å². The molecule has 2 aliphatic rings. The molecule has 0 aliphatic carbocycles. The molecule has 1 aromatic heterocycles. The third-order valence-corrected chi connectivity index (χ3v) is 4.48. The molecule has 3 rings (SSSR count). The quantitative estimate of drug-likeness (QED) is 0.872. The maximum atomic E-state index is 5.70. The Balaban J connectivity index is 1.63. The van der Waals surface area contributed by atoms with Crippen molar-refractivity contribution in [1.29, 1.82) is 0 Å². The van der Waals surface area contributed by atoms with Crippen LogP contribution in [0.15, 0.2) is 16.5 Å². The lowest BCUT2D eigenvalue weighted by atomic mass is 9.74. The van der Waals surface area contributed by atoms with Crippen LogP contribution in [0.4, 0.5) is 0 Å². The van der Waals surface area contributed by atoms with Crippen LogP contribution in [-0.4, -0.2) is 31.1 Å². The molecule has 1 aromatic rings. The molecule has 0 bridgehead atoms. The average molecular weight is 248 g/mol. The highest BCUT2D eigenvalue weighted by atomic mass is 16.3. The van der Waals surface area contributed by atoms with Gasteiger partial charge in [-0.25, -0.2) is 0 Å². The van der Waals surface area contributed by atoms with E-state index >= 15 is 0 Å². The molecular weight excluding hydrogens is 224 g/mol. The van der Waals surface area contributed by atoms with Crippen molar-refractivity contribution in [2.24, 2.45) is 5.41 Å². The number of piperidine rings is 2. The summed E-state index contributed by atoms with van der Waals surface area (Å²) in [6, 6.07) is 4.19. The van der Waals surface area contributed by atoms with Crippen LogP contribution in [0, 0.1) is 12.3 Å². The second-order valence-electron chi connectivity index (χ2n) is 6.11. The molecule has 0 saturated carbocycles. The Labute approximate surface area is 110 Å². The highest BCUT2D eigenvalue weighted by Crippen LogP contribution is 2.36. The molecule has 1 N–H and O–H groups in total. The van der Waals surface area contributed by atoms with Crippen molar-refractivity contribution in [1.82, 2.24) is 10.2 Å². The molecule has 100 valence electrons. The minimum atomic E-state index is 0.540. The molecule has 3 heterocycles. The van der Waals surface area contributed by atoms with Crippen molar-refractivity contribution in [2.75, 3.05) is 26.2 Å². The maximum Gasteiger partial charge on any atom is 0.118 e. The predicted octanol–water partition coefficient (Wildman–Crippen LogP) is 2.55. The van der Waals surface area contributed by atoms with Gasteiger partial charge in [-0.2, -0.15) is 0 Å². The van der Waals surface area contributed by atoms with Crippen molar-refractivity contribution in [2.45, 2.75) is 39.2 Å². The molecule has 0 amide bonds. The van der Waals surface area contributed by atoms with Gasteiger partial charge in [-0.05, 0) is 63.2 Å². The summed E-state index contributed by atoms with van der Waals surface area (Å²) < 4.78 is 5.70. The third-order valence-electron chi connectivity index (χ3n) is 4.48. The van der Waals surface area contributed by atoms with Gasteiger partial charge in [0.25, 0.3) is 0 Å². The van der Waals surface area contributed by atoms with Gasteiger partial charge in [-0.1, -0.05) is 0 Å². The van der Waals surface area contributed by atoms with Crippen LogP contribution in [0.3, 0.4) is 0 Å². The molecule has 18 heavy (non-hydrogen) atoms. The largest absolute Gasteiger partial charge is 0.465 e. The zero-order valence-electron chi connectivity index (χ0n) is 11.4. The van der Waals surface area contributed by atoms with Gasteiger partial charge in [-0.3, -0.25) is 4.90 Å². The first-order valence-corrected chi connectivity index (χ1v) is 7.24. The number of aryl methyl sites for hydroxylation is 1. The Morgan fingerprint density at radius 3 is 2.94 bits per heavy atom. The van der Waals surface area contributed by atoms with Gasteiger partial charge in [0.15, 0.2) is 0 Å². The first-order valence-electron chi connectivity index (χ1n) is 7.24. The van der Waals surface area contributed by atoms with E-state index in [4.69, 9.17) is 4.42 Å². The maximum absolute atomic E-state index is 5.70. The molecular formula is C15H24N2O. The smallest absolute Gasteiger partial charge is 0.118 e. The summed E-state index contributed by atoms with van der Waals surface area (Å²) >= 11 is 0. The topological polar surface area (TPSA) is 28.4 Å². The molecule has 1 spiro atoms. The summed E-state index contributed by atoms with van der Waals surface area (Å²) in [5, 5.41) is 3.58. The van der Waals surface area contributed by atoms with Crippen molar-refractivity contribution in [3.63, 3.8) is 0 Å². The highest BCUT2D eigenvalue weighted by Gasteiger charge is 2.36. The Hall–Kier alpha value is -0.800. The summed E-state index contributed by atoms with van der Waals surface area (Å²) in [7, 11) is 0. The Morgan fingerprint density at radius 2 is 2.22 bits per heavy atom. The fourth-order valence-corrected chi connectivity index (χ4v) is 3.61. The van der Waals surface area contributed by atoms with Crippen LogP contribution in [0.5, 0.6) is 0 Å². The Kier molecular flexibility index (Phi) is 3.44. The van der Waals surface area contributed by atoms with E-state index in [1.54, 1.807) is 0 Å². The summed E-state index contributed by atoms with van der Waals surface area (Å²) in [5.74, 6) is 2.14. The number of nitrogens with zero attached hydrogens (tertiary/aromatic N) is 1. The number of hydrogen-bond donors (Lipinski definition) is 1. The molecule has 3 heteroatoms. The summed E-state index contributed by atoms with van der Waals surface area (Å²) in [6.45, 7) is 7.88. The van der Waals surface area contributed by atoms with Gasteiger partial charge in [0.05, 0.1) is 6.54 Å².